The van der Waals surface area contributed by atoms with Crippen LogP contribution in [0.2, 0.25) is 0 Å². The first-order valence-corrected chi connectivity index (χ1v) is 10.2. The molecular weight excluding hydrogens is 359 g/mol. The van der Waals surface area contributed by atoms with E-state index in [9.17, 15) is 4.39 Å². The summed E-state index contributed by atoms with van der Waals surface area (Å²) in [5.41, 5.74) is 2.72. The molecule has 0 aliphatic carbocycles. The van der Waals surface area contributed by atoms with E-state index in [4.69, 9.17) is 9.47 Å². The maximum absolute atomic E-state index is 14.6. The van der Waals surface area contributed by atoms with Crippen molar-refractivity contribution >= 4 is 5.69 Å². The smallest absolute Gasteiger partial charge is 0.146 e. The van der Waals surface area contributed by atoms with Gasteiger partial charge in [0.25, 0.3) is 0 Å². The molecule has 2 atom stereocenters. The second-order valence-corrected chi connectivity index (χ2v) is 7.44. The predicted molar refractivity (Wildman–Crippen MR) is 106 cm³/mol. The summed E-state index contributed by atoms with van der Waals surface area (Å²) in [4.78, 5) is 2.05. The molecule has 7 heteroatoms. The van der Waals surface area contributed by atoms with Gasteiger partial charge in [0, 0.05) is 50.6 Å². The molecule has 0 saturated carbocycles. The van der Waals surface area contributed by atoms with Crippen LogP contribution in [0.1, 0.15) is 37.0 Å². The largest absolute Gasteiger partial charge is 0.378 e. The van der Waals surface area contributed by atoms with E-state index in [-0.39, 0.29) is 18.0 Å². The average molecular weight is 388 g/mol. The lowest BCUT2D eigenvalue weighted by Gasteiger charge is -2.32. The van der Waals surface area contributed by atoms with Crippen LogP contribution in [0.25, 0.3) is 0 Å². The molecule has 2 aliphatic rings. The van der Waals surface area contributed by atoms with Gasteiger partial charge in [0.2, 0.25) is 0 Å². The van der Waals surface area contributed by atoms with Gasteiger partial charge in [-0.15, -0.1) is 0 Å². The molecule has 2 aromatic rings. The van der Waals surface area contributed by atoms with Crippen molar-refractivity contribution in [3.8, 4) is 0 Å². The van der Waals surface area contributed by atoms with E-state index in [1.165, 1.54) is 0 Å². The van der Waals surface area contributed by atoms with Crippen LogP contribution in [0, 0.1) is 5.82 Å². The van der Waals surface area contributed by atoms with E-state index in [2.05, 4.69) is 23.5 Å². The maximum atomic E-state index is 14.6. The van der Waals surface area contributed by atoms with Crippen molar-refractivity contribution in [1.29, 1.82) is 0 Å². The first kappa shape index (κ1) is 19.4. The van der Waals surface area contributed by atoms with Crippen molar-refractivity contribution in [2.75, 3.05) is 37.8 Å². The number of hydrogen-bond acceptors (Lipinski definition) is 5. The summed E-state index contributed by atoms with van der Waals surface area (Å²) < 4.78 is 27.9. The zero-order valence-corrected chi connectivity index (χ0v) is 16.4. The Morgan fingerprint density at radius 3 is 2.86 bits per heavy atom. The molecule has 28 heavy (non-hydrogen) atoms. The molecule has 1 N–H and O–H groups in total. The quantitative estimate of drug-likeness (QED) is 0.825. The van der Waals surface area contributed by atoms with Gasteiger partial charge < -0.3 is 19.7 Å². The van der Waals surface area contributed by atoms with Crippen molar-refractivity contribution in [2.45, 2.75) is 45.0 Å². The van der Waals surface area contributed by atoms with E-state index in [1.54, 1.807) is 6.07 Å². The monoisotopic (exact) mass is 388 g/mol. The molecule has 152 valence electrons. The number of aryl methyl sites for hydroxylation is 1. The summed E-state index contributed by atoms with van der Waals surface area (Å²) in [5.74, 6) is -0.165. The van der Waals surface area contributed by atoms with Gasteiger partial charge in [0.15, 0.2) is 0 Å². The third kappa shape index (κ3) is 4.37. The normalized spacial score (nSPS) is 23.1. The molecule has 0 radical (unpaired) electrons. The lowest BCUT2D eigenvalue weighted by atomic mass is 9.98. The first-order valence-electron chi connectivity index (χ1n) is 10.2. The predicted octanol–water partition coefficient (Wildman–Crippen LogP) is 2.89. The first-order chi connectivity index (χ1) is 13.7. The van der Waals surface area contributed by atoms with Crippen LogP contribution < -0.4 is 10.2 Å². The molecule has 6 nitrogen and oxygen atoms in total. The van der Waals surface area contributed by atoms with Crippen molar-refractivity contribution < 1.29 is 13.9 Å². The molecule has 0 bridgehead atoms. The highest BCUT2D eigenvalue weighted by Gasteiger charge is 2.28. The van der Waals surface area contributed by atoms with Crippen LogP contribution in [-0.2, 0) is 22.6 Å². The van der Waals surface area contributed by atoms with Gasteiger partial charge in [-0.05, 0) is 37.5 Å². The molecule has 4 rings (SSSR count). The van der Waals surface area contributed by atoms with Gasteiger partial charge in [0.05, 0.1) is 25.1 Å². The molecule has 1 aromatic heterocycles. The zero-order chi connectivity index (χ0) is 19.3. The zero-order valence-electron chi connectivity index (χ0n) is 16.4. The Morgan fingerprint density at radius 2 is 2.11 bits per heavy atom. The van der Waals surface area contributed by atoms with Gasteiger partial charge in [-0.3, -0.25) is 4.68 Å². The van der Waals surface area contributed by atoms with Gasteiger partial charge in [-0.1, -0.05) is 6.07 Å². The average Bonchev–Trinajstić information content (AvgIpc) is 3.22. The van der Waals surface area contributed by atoms with Crippen LogP contribution in [0.15, 0.2) is 30.6 Å². The van der Waals surface area contributed by atoms with Gasteiger partial charge in [0.1, 0.15) is 11.9 Å². The number of nitrogens with zero attached hydrogens (tertiary/aromatic N) is 3. The number of morpholine rings is 1. The van der Waals surface area contributed by atoms with E-state index < -0.39 is 0 Å². The van der Waals surface area contributed by atoms with Crippen LogP contribution in [0.4, 0.5) is 10.1 Å². The van der Waals surface area contributed by atoms with Gasteiger partial charge in [-0.2, -0.15) is 5.10 Å². The third-order valence-corrected chi connectivity index (χ3v) is 5.56. The molecule has 2 saturated heterocycles. The second-order valence-electron chi connectivity index (χ2n) is 7.44. The highest BCUT2D eigenvalue weighted by Crippen LogP contribution is 2.29. The Labute approximate surface area is 165 Å². The number of aromatic nitrogens is 2. The molecule has 1 aromatic carbocycles. The van der Waals surface area contributed by atoms with E-state index >= 15 is 0 Å². The van der Waals surface area contributed by atoms with Crippen LogP contribution >= 0.6 is 0 Å². The lowest BCUT2D eigenvalue weighted by molar-refractivity contribution is -0.0112. The summed E-state index contributed by atoms with van der Waals surface area (Å²) in [5, 5.41) is 7.95. The minimum Gasteiger partial charge on any atom is -0.378 e. The lowest BCUT2D eigenvalue weighted by Crippen LogP contribution is -2.39. The molecule has 2 fully saturated rings. The number of nitrogens with one attached hydrogen (secondary N) is 1. The number of anilines is 1. The van der Waals surface area contributed by atoms with Crippen molar-refractivity contribution in [3.05, 3.63) is 47.5 Å². The summed E-state index contributed by atoms with van der Waals surface area (Å²) >= 11 is 0. The molecular formula is C21H29FN4O2. The number of halogens is 1. The Morgan fingerprint density at radius 1 is 1.25 bits per heavy atom. The standard InChI is InChI=1S/C21H29FN4O2/c1-2-26-15-17(14-24-26)21-19(4-3-9-28-21)23-13-16-5-6-20(18(22)12-16)25-7-10-27-11-8-25/h5-6,12,14-15,19,21,23H,2-4,7-11,13H2,1H3/t19-,21+/m0/s1. The van der Waals surface area contributed by atoms with Crippen LogP contribution in [0.5, 0.6) is 0 Å². The molecule has 2 aliphatic heterocycles. The third-order valence-electron chi connectivity index (χ3n) is 5.56. The highest BCUT2D eigenvalue weighted by molar-refractivity contribution is 5.49. The Kier molecular flexibility index (Phi) is 6.24. The van der Waals surface area contributed by atoms with Gasteiger partial charge >= 0.3 is 0 Å². The van der Waals surface area contributed by atoms with E-state index in [0.29, 0.717) is 25.4 Å². The van der Waals surface area contributed by atoms with Crippen molar-refractivity contribution in [3.63, 3.8) is 0 Å². The Balaban J connectivity index is 1.40. The summed E-state index contributed by atoms with van der Waals surface area (Å²) in [6, 6.07) is 5.74. The summed E-state index contributed by atoms with van der Waals surface area (Å²) in [6.45, 7) is 7.09. The SMILES string of the molecule is CCn1cc([C@H]2OCCC[C@@H]2NCc2ccc(N3CCOCC3)c(F)c2)cn1. The fourth-order valence-corrected chi connectivity index (χ4v) is 3.99. The van der Waals surface area contributed by atoms with Crippen LogP contribution in [-0.4, -0.2) is 48.7 Å². The Hall–Kier alpha value is -1.96. The topological polar surface area (TPSA) is 51.5 Å². The van der Waals surface area contributed by atoms with Crippen LogP contribution in [0.3, 0.4) is 0 Å². The second kappa shape index (κ2) is 9.03. The fourth-order valence-electron chi connectivity index (χ4n) is 3.99. The number of rotatable bonds is 6. The van der Waals surface area contributed by atoms with Crippen molar-refractivity contribution in [2.24, 2.45) is 0 Å². The molecule has 0 unspecified atom stereocenters. The summed E-state index contributed by atoms with van der Waals surface area (Å²) in [6.07, 6.45) is 6.01. The maximum Gasteiger partial charge on any atom is 0.146 e. The summed E-state index contributed by atoms with van der Waals surface area (Å²) in [7, 11) is 0. The minimum atomic E-state index is -0.165. The van der Waals surface area contributed by atoms with Gasteiger partial charge in [-0.25, -0.2) is 4.39 Å². The molecule has 0 spiro atoms. The van der Waals surface area contributed by atoms with E-state index in [0.717, 1.165) is 50.2 Å². The van der Waals surface area contributed by atoms with E-state index in [1.807, 2.05) is 27.9 Å². The molecule has 0 amide bonds. The fraction of sp³-hybridized carbons (Fsp3) is 0.571. The minimum absolute atomic E-state index is 0.00785. The number of hydrogen-bond donors (Lipinski definition) is 1. The number of benzene rings is 1. The Bertz CT molecular complexity index is 776. The molecule has 3 heterocycles. The highest BCUT2D eigenvalue weighted by atomic mass is 19.1. The van der Waals surface area contributed by atoms with Crippen molar-refractivity contribution in [1.82, 2.24) is 15.1 Å². The number of ether oxygens (including phenoxy) is 2.